The number of ether oxygens (including phenoxy) is 2. The molecule has 1 N–H and O–H groups in total. The van der Waals surface area contributed by atoms with Crippen LogP contribution in [0.2, 0.25) is 0 Å². The Morgan fingerprint density at radius 2 is 1.50 bits per heavy atom. The van der Waals surface area contributed by atoms with Gasteiger partial charge >= 0.3 is 41.5 Å². The van der Waals surface area contributed by atoms with Gasteiger partial charge in [0.2, 0.25) is 0 Å². The molecule has 0 aromatic heterocycles. The van der Waals surface area contributed by atoms with E-state index in [0.29, 0.717) is 6.42 Å². The molecule has 0 aromatic rings. The number of rotatable bonds is 9. The Kier molecular flexibility index (Phi) is 12.7. The van der Waals surface area contributed by atoms with Crippen LogP contribution in [0.3, 0.4) is 0 Å². The average Bonchev–Trinajstić information content (AvgIpc) is 2.27. The van der Waals surface area contributed by atoms with Crippen LogP contribution in [0.4, 0.5) is 0 Å². The number of carbonyl (C=O) groups is 2. The van der Waals surface area contributed by atoms with Crippen LogP contribution in [0.5, 0.6) is 0 Å². The van der Waals surface area contributed by atoms with E-state index in [1.54, 1.807) is 13.8 Å². The van der Waals surface area contributed by atoms with Crippen LogP contribution in [0.1, 0.15) is 33.1 Å². The van der Waals surface area contributed by atoms with Crippen LogP contribution in [0, 0.1) is 5.92 Å². The van der Waals surface area contributed by atoms with Gasteiger partial charge in [-0.2, -0.15) is 8.42 Å². The predicted octanol–water partition coefficient (Wildman–Crippen LogP) is -2.21. The van der Waals surface area contributed by atoms with Gasteiger partial charge in [-0.25, -0.2) is 0 Å². The number of esters is 2. The van der Waals surface area contributed by atoms with Crippen molar-refractivity contribution >= 4 is 22.1 Å². The summed E-state index contributed by atoms with van der Waals surface area (Å²) in [5.41, 5.74) is 0. The third-order valence-corrected chi connectivity index (χ3v) is 3.09. The molecule has 0 unspecified atom stereocenters. The first-order valence-electron chi connectivity index (χ1n) is 6.10. The van der Waals surface area contributed by atoms with Gasteiger partial charge in [-0.1, -0.05) is 6.42 Å². The Balaban J connectivity index is 0. The molecule has 20 heavy (non-hydrogen) atoms. The van der Waals surface area contributed by atoms with Crippen LogP contribution in [0.15, 0.2) is 0 Å². The summed E-state index contributed by atoms with van der Waals surface area (Å²) in [7, 11) is -4.02. The van der Waals surface area contributed by atoms with Crippen LogP contribution in [0.25, 0.3) is 0 Å². The van der Waals surface area contributed by atoms with Crippen molar-refractivity contribution in [3.8, 4) is 0 Å². The van der Waals surface area contributed by atoms with Crippen molar-refractivity contribution in [1.29, 1.82) is 0 Å². The largest absolute Gasteiger partial charge is 1.00 e. The van der Waals surface area contributed by atoms with Gasteiger partial charge < -0.3 is 9.47 Å². The van der Waals surface area contributed by atoms with E-state index in [0.717, 1.165) is 0 Å². The number of hydrogen-bond donors (Lipinski definition) is 1. The summed E-state index contributed by atoms with van der Waals surface area (Å²) in [6.07, 6.45) is 0.587. The van der Waals surface area contributed by atoms with E-state index in [4.69, 9.17) is 14.0 Å². The van der Waals surface area contributed by atoms with E-state index >= 15 is 0 Å². The average molecular weight is 319 g/mol. The van der Waals surface area contributed by atoms with Gasteiger partial charge in [0, 0.05) is 0 Å². The van der Waals surface area contributed by atoms with Crippen molar-refractivity contribution in [3.63, 3.8) is 0 Å². The monoisotopic (exact) mass is 319 g/mol. The fraction of sp³-hybridized carbons (Fsp3) is 0.818. The van der Waals surface area contributed by atoms with Gasteiger partial charge in [-0.3, -0.25) is 14.1 Å². The molecule has 0 amide bonds. The summed E-state index contributed by atoms with van der Waals surface area (Å²) in [5, 5.41) is 0. The molecule has 0 aliphatic heterocycles. The van der Waals surface area contributed by atoms with Crippen molar-refractivity contribution in [2.75, 3.05) is 19.0 Å². The van der Waals surface area contributed by atoms with Gasteiger partial charge in [0.05, 0.1) is 19.0 Å². The third-order valence-electron chi connectivity index (χ3n) is 2.29. The normalized spacial score (nSPS) is 10.8. The zero-order valence-corrected chi connectivity index (χ0v) is 14.9. The van der Waals surface area contributed by atoms with E-state index in [1.165, 1.54) is 0 Å². The van der Waals surface area contributed by atoms with Crippen molar-refractivity contribution in [2.24, 2.45) is 5.92 Å². The van der Waals surface area contributed by atoms with E-state index < -0.39 is 33.7 Å². The molecule has 0 saturated carbocycles. The molecule has 112 valence electrons. The summed E-state index contributed by atoms with van der Waals surface area (Å²) < 4.78 is 39.1. The molecular formula is C11H20NaO7S+. The van der Waals surface area contributed by atoms with Crippen LogP contribution >= 0.6 is 0 Å². The molecule has 0 saturated heterocycles. The van der Waals surface area contributed by atoms with Crippen molar-refractivity contribution in [1.82, 2.24) is 0 Å². The number of hydrogen-bond acceptors (Lipinski definition) is 6. The second kappa shape index (κ2) is 11.5. The molecule has 0 fully saturated rings. The third kappa shape index (κ3) is 10.6. The smallest absolute Gasteiger partial charge is 0.465 e. The molecule has 0 rings (SSSR count). The van der Waals surface area contributed by atoms with Crippen molar-refractivity contribution in [3.05, 3.63) is 0 Å². The van der Waals surface area contributed by atoms with Crippen LogP contribution in [-0.4, -0.2) is 43.9 Å². The maximum atomic E-state index is 11.6. The molecule has 0 aromatic carbocycles. The summed E-state index contributed by atoms with van der Waals surface area (Å²) in [4.78, 5) is 23.1. The van der Waals surface area contributed by atoms with Gasteiger partial charge in [-0.05, 0) is 26.7 Å². The predicted molar refractivity (Wildman–Crippen MR) is 67.0 cm³/mol. The van der Waals surface area contributed by atoms with Gasteiger partial charge in [0.15, 0.2) is 5.92 Å². The number of unbranched alkanes of at least 4 members (excludes halogenated alkanes) is 1. The van der Waals surface area contributed by atoms with Crippen LogP contribution in [-0.2, 0) is 29.2 Å². The van der Waals surface area contributed by atoms with Gasteiger partial charge in [-0.15, -0.1) is 0 Å². The first-order chi connectivity index (χ1) is 8.81. The van der Waals surface area contributed by atoms with E-state index in [-0.39, 0.29) is 55.6 Å². The molecular weight excluding hydrogens is 299 g/mol. The first-order valence-corrected chi connectivity index (χ1v) is 7.71. The van der Waals surface area contributed by atoms with Crippen molar-refractivity contribution < 1.29 is 61.6 Å². The Morgan fingerprint density at radius 3 is 1.85 bits per heavy atom. The minimum absolute atomic E-state index is 0. The molecule has 0 aliphatic rings. The Labute approximate surface area is 141 Å². The Bertz CT molecular complexity index is 376. The Morgan fingerprint density at radius 1 is 1.05 bits per heavy atom. The van der Waals surface area contributed by atoms with E-state index in [2.05, 4.69) is 0 Å². The minimum atomic E-state index is -4.02. The van der Waals surface area contributed by atoms with Gasteiger partial charge in [0.1, 0.15) is 0 Å². The summed E-state index contributed by atoms with van der Waals surface area (Å²) in [6.45, 7) is 3.55. The maximum Gasteiger partial charge on any atom is 1.00 e. The maximum absolute atomic E-state index is 11.6. The number of carbonyl (C=O) groups excluding carboxylic acids is 2. The molecule has 0 bridgehead atoms. The summed E-state index contributed by atoms with van der Waals surface area (Å²) >= 11 is 0. The second-order valence-corrected chi connectivity index (χ2v) is 5.41. The fourth-order valence-electron chi connectivity index (χ4n) is 1.45. The molecule has 0 heterocycles. The van der Waals surface area contributed by atoms with E-state index in [9.17, 15) is 18.0 Å². The molecule has 0 spiro atoms. The van der Waals surface area contributed by atoms with Crippen LogP contribution < -0.4 is 29.6 Å². The molecule has 7 nitrogen and oxygen atoms in total. The molecule has 9 heteroatoms. The molecule has 0 atom stereocenters. The standard InChI is InChI=1S/C11H20O7S.Na/c1-3-17-10(12)9(11(13)18-4-2)7-5-6-8-19(14,15)16;/h9H,3-8H2,1-2H3,(H,14,15,16);/q;+1. The first kappa shape index (κ1) is 22.1. The van der Waals surface area contributed by atoms with Gasteiger partial charge in [0.25, 0.3) is 10.1 Å². The minimum Gasteiger partial charge on any atom is -0.465 e. The molecule has 0 radical (unpaired) electrons. The topological polar surface area (TPSA) is 107 Å². The zero-order valence-electron chi connectivity index (χ0n) is 12.1. The summed E-state index contributed by atoms with van der Waals surface area (Å²) in [6, 6.07) is 0. The quantitative estimate of drug-likeness (QED) is 0.169. The SMILES string of the molecule is CCOC(=O)C(CCCCS(=O)(=O)O)C(=O)OCC.[Na+]. The zero-order chi connectivity index (χ0) is 14.9. The molecule has 0 aliphatic carbocycles. The summed E-state index contributed by atoms with van der Waals surface area (Å²) in [5.74, 6) is -2.78. The fourth-order valence-corrected chi connectivity index (χ4v) is 2.02. The second-order valence-electron chi connectivity index (χ2n) is 3.84. The van der Waals surface area contributed by atoms with E-state index in [1.807, 2.05) is 0 Å². The van der Waals surface area contributed by atoms with Crippen molar-refractivity contribution in [2.45, 2.75) is 33.1 Å². The Hall–Kier alpha value is -0.150.